The predicted octanol–water partition coefficient (Wildman–Crippen LogP) is 6.06. The van der Waals surface area contributed by atoms with Crippen LogP contribution in [0.5, 0.6) is 0 Å². The minimum atomic E-state index is -0.360. The molecule has 0 saturated carbocycles. The first kappa shape index (κ1) is 26.4. The van der Waals surface area contributed by atoms with Crippen LogP contribution in [0, 0.1) is 0 Å². The lowest BCUT2D eigenvalue weighted by atomic mass is 10.1. The molecule has 1 fully saturated rings. The van der Waals surface area contributed by atoms with Gasteiger partial charge in [-0.15, -0.1) is 11.3 Å². The summed E-state index contributed by atoms with van der Waals surface area (Å²) in [7, 11) is 1.37. The summed E-state index contributed by atoms with van der Waals surface area (Å²) in [5.41, 5.74) is 2.52. The van der Waals surface area contributed by atoms with Gasteiger partial charge >= 0.3 is 5.97 Å². The molecule has 6 nitrogen and oxygen atoms in total. The van der Waals surface area contributed by atoms with Crippen molar-refractivity contribution < 1.29 is 19.1 Å². The smallest absolute Gasteiger partial charge is 0.337 e. The molecule has 2 heterocycles. The van der Waals surface area contributed by atoms with Crippen molar-refractivity contribution in [2.24, 2.45) is 0 Å². The number of piperazine rings is 1. The second-order valence-electron chi connectivity index (χ2n) is 9.28. The number of methoxy groups -OCH3 is 1. The minimum Gasteiger partial charge on any atom is -0.465 e. The Kier molecular flexibility index (Phi) is 8.39. The Bertz CT molecular complexity index is 1360. The monoisotopic (exact) mass is 548 g/mol. The third kappa shape index (κ3) is 6.25. The van der Waals surface area contributed by atoms with Crippen molar-refractivity contribution in [2.75, 3.05) is 39.8 Å². The van der Waals surface area contributed by atoms with E-state index in [0.717, 1.165) is 39.2 Å². The molecular weight excluding hydrogens is 520 g/mol. The molecule has 1 atom stereocenters. The van der Waals surface area contributed by atoms with Gasteiger partial charge in [-0.2, -0.15) is 0 Å². The van der Waals surface area contributed by atoms with Gasteiger partial charge in [0.25, 0.3) is 5.91 Å². The first-order valence-electron chi connectivity index (χ1n) is 12.5. The van der Waals surface area contributed by atoms with E-state index in [4.69, 9.17) is 21.1 Å². The number of rotatable bonds is 8. The van der Waals surface area contributed by atoms with Crippen LogP contribution in [0.1, 0.15) is 37.3 Å². The Morgan fingerprint density at radius 3 is 2.34 bits per heavy atom. The van der Waals surface area contributed by atoms with Crippen LogP contribution in [0.3, 0.4) is 0 Å². The van der Waals surface area contributed by atoms with Crippen molar-refractivity contribution >= 4 is 44.9 Å². The van der Waals surface area contributed by atoms with Crippen LogP contribution >= 0.6 is 22.9 Å². The summed E-state index contributed by atoms with van der Waals surface area (Å²) in [6.45, 7) is 4.01. The maximum atomic E-state index is 13.1. The van der Waals surface area contributed by atoms with Crippen LogP contribution < -0.4 is 0 Å². The molecular formula is C30H29ClN2O4S. The maximum Gasteiger partial charge on any atom is 0.337 e. The van der Waals surface area contributed by atoms with Crippen molar-refractivity contribution in [2.45, 2.75) is 12.7 Å². The summed E-state index contributed by atoms with van der Waals surface area (Å²) in [6.07, 6.45) is -0.169. The third-order valence-corrected chi connectivity index (χ3v) is 8.14. The molecule has 0 spiro atoms. The molecule has 1 aliphatic heterocycles. The Morgan fingerprint density at radius 1 is 0.947 bits per heavy atom. The van der Waals surface area contributed by atoms with Gasteiger partial charge in [0.2, 0.25) is 0 Å². The number of amides is 1. The second kappa shape index (κ2) is 12.1. The van der Waals surface area contributed by atoms with Crippen molar-refractivity contribution in [3.8, 4) is 0 Å². The summed E-state index contributed by atoms with van der Waals surface area (Å²) in [6, 6.07) is 25.1. The van der Waals surface area contributed by atoms with Gasteiger partial charge in [0.15, 0.2) is 0 Å². The number of thiophene rings is 1. The molecule has 1 saturated heterocycles. The fourth-order valence-corrected chi connectivity index (χ4v) is 5.75. The number of nitrogens with zero attached hydrogens (tertiary/aromatic N) is 2. The van der Waals surface area contributed by atoms with Gasteiger partial charge in [0.05, 0.1) is 30.3 Å². The molecule has 0 N–H and O–H groups in total. The molecule has 5 rings (SSSR count). The topological polar surface area (TPSA) is 59.1 Å². The van der Waals surface area contributed by atoms with Crippen LogP contribution in [0.25, 0.3) is 10.1 Å². The van der Waals surface area contributed by atoms with Gasteiger partial charge < -0.3 is 14.4 Å². The fourth-order valence-electron chi connectivity index (χ4n) is 4.59. The first-order chi connectivity index (χ1) is 18.5. The van der Waals surface area contributed by atoms with E-state index >= 15 is 0 Å². The number of esters is 1. The van der Waals surface area contributed by atoms with Crippen molar-refractivity contribution in [1.82, 2.24) is 9.80 Å². The Hall–Kier alpha value is -3.23. The lowest BCUT2D eigenvalue weighted by molar-refractivity contribution is 0.00346. The number of hydrogen-bond acceptors (Lipinski definition) is 6. The summed E-state index contributed by atoms with van der Waals surface area (Å²) in [5.74, 6) is -0.256. The van der Waals surface area contributed by atoms with E-state index in [1.165, 1.54) is 7.11 Å². The molecule has 38 heavy (non-hydrogen) atoms. The number of carbonyl (C=O) groups is 2. The number of fused-ring (bicyclic) bond motifs is 1. The highest BCUT2D eigenvalue weighted by Gasteiger charge is 2.26. The average Bonchev–Trinajstić information content (AvgIpc) is 3.40. The van der Waals surface area contributed by atoms with E-state index in [-0.39, 0.29) is 18.0 Å². The van der Waals surface area contributed by atoms with Gasteiger partial charge in [-0.05, 0) is 52.9 Å². The van der Waals surface area contributed by atoms with E-state index in [1.54, 1.807) is 23.5 Å². The quantitative estimate of drug-likeness (QED) is 0.251. The van der Waals surface area contributed by atoms with Crippen LogP contribution in [0.4, 0.5) is 0 Å². The Morgan fingerprint density at radius 2 is 1.66 bits per heavy atom. The highest BCUT2D eigenvalue weighted by molar-refractivity contribution is 7.20. The van der Waals surface area contributed by atoms with Gasteiger partial charge in [0, 0.05) is 42.4 Å². The SMILES string of the molecule is COC(=O)c1ccc(COC(CN2CCN(C(=O)c3cc4ccccc4s3)CC2)c2ccc(Cl)cc2)cc1. The van der Waals surface area contributed by atoms with E-state index in [9.17, 15) is 9.59 Å². The lowest BCUT2D eigenvalue weighted by Crippen LogP contribution is -2.49. The fraction of sp³-hybridized carbons (Fsp3) is 0.267. The molecule has 0 bridgehead atoms. The van der Waals surface area contributed by atoms with Crippen molar-refractivity contribution in [3.63, 3.8) is 0 Å². The second-order valence-corrected chi connectivity index (χ2v) is 10.8. The summed E-state index contributed by atoms with van der Waals surface area (Å²) in [4.78, 5) is 29.9. The van der Waals surface area contributed by atoms with Crippen LogP contribution in [0.15, 0.2) is 78.9 Å². The zero-order valence-electron chi connectivity index (χ0n) is 21.1. The maximum absolute atomic E-state index is 13.1. The van der Waals surface area contributed by atoms with E-state index in [1.807, 2.05) is 65.6 Å². The molecule has 0 radical (unpaired) electrons. The first-order valence-corrected chi connectivity index (χ1v) is 13.7. The number of halogens is 1. The molecule has 1 amide bonds. The number of hydrogen-bond donors (Lipinski definition) is 0. The van der Waals surface area contributed by atoms with Gasteiger partial charge in [-0.1, -0.05) is 54.1 Å². The predicted molar refractivity (Wildman–Crippen MR) is 151 cm³/mol. The minimum absolute atomic E-state index is 0.103. The molecule has 0 aliphatic carbocycles. The molecule has 4 aromatic rings. The normalized spacial score (nSPS) is 14.9. The molecule has 1 unspecified atom stereocenters. The Labute approximate surface area is 231 Å². The molecule has 1 aliphatic rings. The van der Waals surface area contributed by atoms with E-state index in [2.05, 4.69) is 11.0 Å². The molecule has 8 heteroatoms. The molecule has 1 aromatic heterocycles. The standard InChI is InChI=1S/C30H29ClN2O4S/c1-36-30(35)23-8-6-21(7-9-23)20-37-26(22-10-12-25(31)13-11-22)19-32-14-16-33(17-15-32)29(34)28-18-24-4-2-3-5-27(24)38-28/h2-13,18,26H,14-17,19-20H2,1H3. The Balaban J connectivity index is 1.21. The third-order valence-electron chi connectivity index (χ3n) is 6.79. The number of carbonyl (C=O) groups excluding carboxylic acids is 2. The van der Waals surface area contributed by atoms with Crippen molar-refractivity contribution in [1.29, 1.82) is 0 Å². The average molecular weight is 549 g/mol. The van der Waals surface area contributed by atoms with E-state index < -0.39 is 0 Å². The molecule has 3 aromatic carbocycles. The summed E-state index contributed by atoms with van der Waals surface area (Å²) >= 11 is 7.69. The summed E-state index contributed by atoms with van der Waals surface area (Å²) in [5, 5.41) is 1.79. The van der Waals surface area contributed by atoms with Gasteiger partial charge in [-0.25, -0.2) is 4.79 Å². The van der Waals surface area contributed by atoms with Crippen LogP contribution in [-0.2, 0) is 16.1 Å². The summed E-state index contributed by atoms with van der Waals surface area (Å²) < 4.78 is 12.3. The van der Waals surface area contributed by atoms with Gasteiger partial charge in [0.1, 0.15) is 0 Å². The lowest BCUT2D eigenvalue weighted by Gasteiger charge is -2.36. The van der Waals surface area contributed by atoms with Crippen LogP contribution in [0.2, 0.25) is 5.02 Å². The highest BCUT2D eigenvalue weighted by atomic mass is 35.5. The number of benzene rings is 3. The zero-order chi connectivity index (χ0) is 26.5. The van der Waals surface area contributed by atoms with Crippen LogP contribution in [-0.4, -0.2) is 61.5 Å². The highest BCUT2D eigenvalue weighted by Crippen LogP contribution is 2.27. The van der Waals surface area contributed by atoms with Gasteiger partial charge in [-0.3, -0.25) is 9.69 Å². The van der Waals surface area contributed by atoms with E-state index in [0.29, 0.717) is 36.8 Å². The zero-order valence-corrected chi connectivity index (χ0v) is 22.7. The van der Waals surface area contributed by atoms with Crippen molar-refractivity contribution in [3.05, 3.63) is 105 Å². The molecule has 196 valence electrons. The number of ether oxygens (including phenoxy) is 2. The largest absolute Gasteiger partial charge is 0.465 e.